The van der Waals surface area contributed by atoms with E-state index >= 15 is 4.39 Å². The lowest BCUT2D eigenvalue weighted by Gasteiger charge is -2.35. The average Bonchev–Trinajstić information content (AvgIpc) is 2.42. The maximum absolute atomic E-state index is 15.3. The Hall–Kier alpha value is -0.930. The van der Waals surface area contributed by atoms with Gasteiger partial charge in [-0.3, -0.25) is 4.90 Å². The number of hydrogen-bond acceptors (Lipinski definition) is 2. The molecule has 1 fully saturated rings. The summed E-state index contributed by atoms with van der Waals surface area (Å²) < 4.78 is 62.1. The molecule has 1 aromatic carbocycles. The fourth-order valence-electron chi connectivity index (χ4n) is 2.41. The van der Waals surface area contributed by atoms with E-state index in [1.54, 1.807) is 20.8 Å². The zero-order valence-electron chi connectivity index (χ0n) is 17.8. The van der Waals surface area contributed by atoms with Crippen molar-refractivity contribution in [2.24, 2.45) is 0 Å². The molecule has 0 spiro atoms. The third-order valence-electron chi connectivity index (χ3n) is 3.25. The molecule has 2 unspecified atom stereocenters. The molecule has 1 heterocycles. The van der Waals surface area contributed by atoms with Crippen molar-refractivity contribution in [3.63, 3.8) is 0 Å². The van der Waals surface area contributed by atoms with Crippen LogP contribution in [0.5, 0.6) is 0 Å². The molecule has 0 aromatic heterocycles. The number of halogens is 1. The fraction of sp³-hybridized carbons (Fsp3) is 0.647. The van der Waals surface area contributed by atoms with Crippen LogP contribution in [0.1, 0.15) is 52.6 Å². The lowest BCUT2D eigenvalue weighted by Crippen LogP contribution is -2.45. The highest BCUT2D eigenvalue weighted by Crippen LogP contribution is 2.27. The molecule has 1 aliphatic heterocycles. The summed E-state index contributed by atoms with van der Waals surface area (Å²) in [6, 6.07) is -1.36. The van der Waals surface area contributed by atoms with Crippen molar-refractivity contribution in [3.05, 3.63) is 35.1 Å². The maximum Gasteiger partial charge on any atom is 0.131 e. The molecule has 0 aliphatic carbocycles. The molecular formula is C17H26FNO. The van der Waals surface area contributed by atoms with Gasteiger partial charge in [0.05, 0.1) is 16.3 Å². The Morgan fingerprint density at radius 1 is 1.35 bits per heavy atom. The van der Waals surface area contributed by atoms with Crippen LogP contribution in [0, 0.1) is 5.82 Å². The summed E-state index contributed by atoms with van der Waals surface area (Å²) in [4.78, 5) is 1.46. The number of ether oxygens (including phenoxy) is 1. The van der Waals surface area contributed by atoms with E-state index in [-0.39, 0.29) is 36.9 Å². The Morgan fingerprint density at radius 2 is 1.95 bits per heavy atom. The second kappa shape index (κ2) is 5.82. The lowest BCUT2D eigenvalue weighted by molar-refractivity contribution is -0.0707. The quantitative estimate of drug-likeness (QED) is 0.820. The Bertz CT molecular complexity index is 664. The summed E-state index contributed by atoms with van der Waals surface area (Å²) >= 11 is 0. The Balaban J connectivity index is 2.67. The van der Waals surface area contributed by atoms with Crippen LogP contribution in [0.25, 0.3) is 0 Å². The summed E-state index contributed by atoms with van der Waals surface area (Å²) in [5.74, 6) is -0.893. The molecule has 2 rings (SSSR count). The zero-order valence-corrected chi connectivity index (χ0v) is 12.8. The first kappa shape index (κ1) is 9.91. The Labute approximate surface area is 129 Å². The van der Waals surface area contributed by atoms with E-state index < -0.39 is 35.4 Å². The van der Waals surface area contributed by atoms with Crippen molar-refractivity contribution in [1.29, 1.82) is 0 Å². The number of benzene rings is 1. The molecule has 1 aliphatic rings. The molecular weight excluding hydrogens is 253 g/mol. The van der Waals surface area contributed by atoms with Crippen molar-refractivity contribution in [3.8, 4) is 0 Å². The van der Waals surface area contributed by atoms with Gasteiger partial charge in [0.25, 0.3) is 0 Å². The Morgan fingerprint density at radius 3 is 2.50 bits per heavy atom. The molecule has 112 valence electrons. The van der Waals surface area contributed by atoms with Gasteiger partial charge in [-0.05, 0) is 24.8 Å². The minimum Gasteiger partial charge on any atom is -0.373 e. The fourth-order valence-corrected chi connectivity index (χ4v) is 2.41. The van der Waals surface area contributed by atoms with Gasteiger partial charge in [-0.15, -0.1) is 0 Å². The first-order valence-electron chi connectivity index (χ1n) is 9.49. The Kier molecular flexibility index (Phi) is 2.88. The zero-order chi connectivity index (χ0) is 19.3. The van der Waals surface area contributed by atoms with Gasteiger partial charge in [0.1, 0.15) is 5.82 Å². The number of hydrogen-bond donors (Lipinski definition) is 0. The summed E-state index contributed by atoms with van der Waals surface area (Å²) in [7, 11) is 0. The highest BCUT2D eigenvalue weighted by Gasteiger charge is 2.25. The molecule has 2 nitrogen and oxygen atoms in total. The van der Waals surface area contributed by atoms with Crippen molar-refractivity contribution in [2.75, 3.05) is 13.1 Å². The second-order valence-electron chi connectivity index (χ2n) is 6.46. The highest BCUT2D eigenvalue weighted by atomic mass is 19.1. The summed E-state index contributed by atoms with van der Waals surface area (Å²) in [6.07, 6.45) is -0.437. The van der Waals surface area contributed by atoms with Crippen LogP contribution in [-0.2, 0) is 16.6 Å². The van der Waals surface area contributed by atoms with Gasteiger partial charge in [-0.2, -0.15) is 0 Å². The largest absolute Gasteiger partial charge is 0.373 e. The second-order valence-corrected chi connectivity index (χ2v) is 6.46. The minimum absolute atomic E-state index is 0.0262. The molecule has 0 amide bonds. The third kappa shape index (κ3) is 3.58. The van der Waals surface area contributed by atoms with Gasteiger partial charge in [-0.1, -0.05) is 38.9 Å². The average molecular weight is 284 g/mol. The normalized spacial score (nSPS) is 29.2. The minimum atomic E-state index is -2.27. The van der Waals surface area contributed by atoms with Gasteiger partial charge >= 0.3 is 0 Å². The first-order chi connectivity index (χ1) is 11.3. The number of rotatable bonds is 2. The standard InChI is InChI=1S/C17H26FNO/c1-12-9-19(10-13(2)20-12)11-14-7-6-8-15(16(14)18)17(3,4)5/h6-8,12-13H,9-11H2,1-5H3/i6D,7D,8D,11D2. The maximum atomic E-state index is 15.3. The van der Waals surface area contributed by atoms with Crippen LogP contribution >= 0.6 is 0 Å². The van der Waals surface area contributed by atoms with Crippen molar-refractivity contribution in [1.82, 2.24) is 4.90 Å². The van der Waals surface area contributed by atoms with Crippen LogP contribution in [0.15, 0.2) is 18.1 Å². The van der Waals surface area contributed by atoms with E-state index in [2.05, 4.69) is 0 Å². The van der Waals surface area contributed by atoms with Gasteiger partial charge in [0.15, 0.2) is 0 Å². The molecule has 0 N–H and O–H groups in total. The number of nitrogens with zero attached hydrogens (tertiary/aromatic N) is 1. The number of morpholine rings is 1. The first-order valence-corrected chi connectivity index (χ1v) is 6.99. The molecule has 1 saturated heterocycles. The van der Waals surface area contributed by atoms with Crippen molar-refractivity contribution < 1.29 is 16.0 Å². The van der Waals surface area contributed by atoms with Crippen LogP contribution in [0.2, 0.25) is 0 Å². The van der Waals surface area contributed by atoms with Gasteiger partial charge < -0.3 is 4.74 Å². The van der Waals surface area contributed by atoms with E-state index in [4.69, 9.17) is 11.6 Å². The predicted octanol–water partition coefficient (Wildman–Crippen LogP) is 3.73. The summed E-state index contributed by atoms with van der Waals surface area (Å²) in [5, 5.41) is 0. The van der Waals surface area contributed by atoms with E-state index in [9.17, 15) is 0 Å². The van der Waals surface area contributed by atoms with Crippen LogP contribution in [0.3, 0.4) is 0 Å². The van der Waals surface area contributed by atoms with Gasteiger partial charge in [-0.25, -0.2) is 4.39 Å². The van der Waals surface area contributed by atoms with Crippen LogP contribution in [-0.4, -0.2) is 30.2 Å². The monoisotopic (exact) mass is 284 g/mol. The summed E-state index contributed by atoms with van der Waals surface area (Å²) in [6.45, 7) is 7.03. The van der Waals surface area contributed by atoms with E-state index in [1.807, 2.05) is 13.8 Å². The molecule has 20 heavy (non-hydrogen) atoms. The van der Waals surface area contributed by atoms with Crippen molar-refractivity contribution in [2.45, 2.75) is 58.7 Å². The highest BCUT2D eigenvalue weighted by molar-refractivity contribution is 5.31. The van der Waals surface area contributed by atoms with Crippen molar-refractivity contribution >= 4 is 0 Å². The summed E-state index contributed by atoms with van der Waals surface area (Å²) in [5.41, 5.74) is -1.26. The van der Waals surface area contributed by atoms with Gasteiger partial charge in [0.2, 0.25) is 0 Å². The van der Waals surface area contributed by atoms with E-state index in [1.165, 1.54) is 4.90 Å². The molecule has 1 aromatic rings. The molecule has 2 atom stereocenters. The lowest BCUT2D eigenvalue weighted by atomic mass is 9.85. The smallest absolute Gasteiger partial charge is 0.131 e. The van der Waals surface area contributed by atoms with Gasteiger partial charge in [0, 0.05) is 27.9 Å². The predicted molar refractivity (Wildman–Crippen MR) is 80.4 cm³/mol. The molecule has 0 bridgehead atoms. The van der Waals surface area contributed by atoms with Crippen LogP contribution in [0.4, 0.5) is 4.39 Å². The van der Waals surface area contributed by atoms with E-state index in [0.717, 1.165) is 0 Å². The van der Waals surface area contributed by atoms with E-state index in [0.29, 0.717) is 0 Å². The third-order valence-corrected chi connectivity index (χ3v) is 3.25. The topological polar surface area (TPSA) is 12.5 Å². The van der Waals surface area contributed by atoms with Crippen LogP contribution < -0.4 is 0 Å². The molecule has 0 saturated carbocycles. The molecule has 3 heteroatoms. The molecule has 0 radical (unpaired) electrons. The SMILES string of the molecule is [2H]c1c([2H])c(C(C)(C)C)c(F)c(C([2H])([2H])N2CC(C)OC(C)C2)c1[2H].